The second-order valence-electron chi connectivity index (χ2n) is 7.45. The Morgan fingerprint density at radius 1 is 1.09 bits per heavy atom. The van der Waals surface area contributed by atoms with Crippen molar-refractivity contribution >= 4 is 42.4 Å². The maximum Gasteiger partial charge on any atom is 0.229 e. The summed E-state index contributed by atoms with van der Waals surface area (Å²) in [6.45, 7) is 2.34. The molecule has 166 valence electrons. The van der Waals surface area contributed by atoms with Crippen molar-refractivity contribution in [3.8, 4) is 0 Å². The SMILES string of the molecule is CCc1ccc2nc(N(Cc3ccco3)C(=O)CCCS(=O)(=O)c3ccccc3)sc2c1. The van der Waals surface area contributed by atoms with Gasteiger partial charge in [0, 0.05) is 6.42 Å². The van der Waals surface area contributed by atoms with E-state index in [-0.39, 0.29) is 35.9 Å². The highest BCUT2D eigenvalue weighted by Crippen LogP contribution is 2.31. The van der Waals surface area contributed by atoms with Gasteiger partial charge in [0.05, 0.1) is 33.7 Å². The number of aromatic nitrogens is 1. The second-order valence-corrected chi connectivity index (χ2v) is 10.6. The molecule has 0 N–H and O–H groups in total. The van der Waals surface area contributed by atoms with E-state index in [4.69, 9.17) is 4.42 Å². The van der Waals surface area contributed by atoms with Crippen molar-refractivity contribution in [2.45, 2.75) is 37.6 Å². The van der Waals surface area contributed by atoms with Gasteiger partial charge in [-0.05, 0) is 54.8 Å². The van der Waals surface area contributed by atoms with Crippen LogP contribution in [0.25, 0.3) is 10.2 Å². The second kappa shape index (κ2) is 9.67. The summed E-state index contributed by atoms with van der Waals surface area (Å²) in [7, 11) is -3.43. The molecule has 0 fully saturated rings. The summed E-state index contributed by atoms with van der Waals surface area (Å²) in [6.07, 6.45) is 2.82. The van der Waals surface area contributed by atoms with Crippen LogP contribution < -0.4 is 4.90 Å². The monoisotopic (exact) mass is 468 g/mol. The van der Waals surface area contributed by atoms with Crippen LogP contribution in [0, 0.1) is 0 Å². The van der Waals surface area contributed by atoms with Gasteiger partial charge in [-0.25, -0.2) is 13.4 Å². The molecule has 0 radical (unpaired) electrons. The van der Waals surface area contributed by atoms with Gasteiger partial charge in [-0.2, -0.15) is 0 Å². The van der Waals surface area contributed by atoms with Crippen LogP contribution in [0.5, 0.6) is 0 Å². The molecule has 0 spiro atoms. The summed E-state index contributed by atoms with van der Waals surface area (Å²) in [5.41, 5.74) is 2.05. The molecule has 8 heteroatoms. The molecule has 0 aliphatic heterocycles. The number of hydrogen-bond acceptors (Lipinski definition) is 6. The van der Waals surface area contributed by atoms with Crippen LogP contribution in [0.3, 0.4) is 0 Å². The van der Waals surface area contributed by atoms with Crippen molar-refractivity contribution < 1.29 is 17.6 Å². The molecule has 4 rings (SSSR count). The van der Waals surface area contributed by atoms with Gasteiger partial charge in [-0.1, -0.05) is 42.5 Å². The fraction of sp³-hybridized carbons (Fsp3) is 0.250. The number of benzene rings is 2. The largest absolute Gasteiger partial charge is 0.467 e. The van der Waals surface area contributed by atoms with Gasteiger partial charge in [0.2, 0.25) is 5.91 Å². The van der Waals surface area contributed by atoms with Crippen LogP contribution in [-0.4, -0.2) is 25.1 Å². The summed E-state index contributed by atoms with van der Waals surface area (Å²) < 4.78 is 31.5. The maximum atomic E-state index is 13.1. The van der Waals surface area contributed by atoms with Gasteiger partial charge in [-0.3, -0.25) is 9.69 Å². The first-order valence-electron chi connectivity index (χ1n) is 10.5. The molecule has 4 aromatic rings. The Bertz CT molecular complexity index is 1300. The number of anilines is 1. The summed E-state index contributed by atoms with van der Waals surface area (Å²) in [5, 5.41) is 0.584. The van der Waals surface area contributed by atoms with Crippen LogP contribution in [0.15, 0.2) is 76.2 Å². The number of furan rings is 1. The van der Waals surface area contributed by atoms with Gasteiger partial charge < -0.3 is 4.42 Å². The van der Waals surface area contributed by atoms with Gasteiger partial charge in [0.1, 0.15) is 5.76 Å². The molecule has 0 unspecified atom stereocenters. The highest BCUT2D eigenvalue weighted by atomic mass is 32.2. The topological polar surface area (TPSA) is 80.5 Å². The summed E-state index contributed by atoms with van der Waals surface area (Å²) in [5.74, 6) is 0.375. The number of amides is 1. The number of nitrogens with zero attached hydrogens (tertiary/aromatic N) is 2. The van der Waals surface area contributed by atoms with Crippen molar-refractivity contribution in [3.63, 3.8) is 0 Å². The highest BCUT2D eigenvalue weighted by molar-refractivity contribution is 7.91. The molecular formula is C24H24N2O4S2. The quantitative estimate of drug-likeness (QED) is 0.336. The van der Waals surface area contributed by atoms with E-state index in [2.05, 4.69) is 18.0 Å². The minimum absolute atomic E-state index is 0.0863. The van der Waals surface area contributed by atoms with Crippen LogP contribution in [-0.2, 0) is 27.6 Å². The van der Waals surface area contributed by atoms with E-state index < -0.39 is 9.84 Å². The molecule has 32 heavy (non-hydrogen) atoms. The Labute approximate surface area is 191 Å². The molecule has 0 saturated carbocycles. The third-order valence-corrected chi connectivity index (χ3v) is 8.04. The molecule has 0 bridgehead atoms. The first-order chi connectivity index (χ1) is 15.5. The molecule has 2 heterocycles. The summed E-state index contributed by atoms with van der Waals surface area (Å²) >= 11 is 1.46. The Kier molecular flexibility index (Phi) is 6.72. The van der Waals surface area contributed by atoms with Crippen molar-refractivity contribution in [2.24, 2.45) is 0 Å². The number of thiazole rings is 1. The zero-order valence-corrected chi connectivity index (χ0v) is 19.4. The third-order valence-electron chi connectivity index (χ3n) is 5.18. The molecule has 6 nitrogen and oxygen atoms in total. The average Bonchev–Trinajstić information content (AvgIpc) is 3.46. The van der Waals surface area contributed by atoms with Crippen LogP contribution in [0.2, 0.25) is 0 Å². The standard InChI is InChI=1S/C24H24N2O4S2/c1-2-18-12-13-21-22(16-18)31-24(25-21)26(17-19-8-6-14-30-19)23(27)11-7-15-32(28,29)20-9-4-3-5-10-20/h3-6,8-10,12-14,16H,2,7,11,15,17H2,1H3. The van der Waals surface area contributed by atoms with E-state index in [1.54, 1.807) is 47.6 Å². The zero-order chi connectivity index (χ0) is 22.6. The Balaban J connectivity index is 1.52. The van der Waals surface area contributed by atoms with Crippen molar-refractivity contribution in [1.82, 2.24) is 4.98 Å². The molecule has 0 atom stereocenters. The molecule has 1 amide bonds. The molecule has 2 aromatic heterocycles. The van der Waals surface area contributed by atoms with E-state index in [0.717, 1.165) is 16.6 Å². The van der Waals surface area contributed by atoms with Crippen molar-refractivity contribution in [1.29, 1.82) is 0 Å². The number of aryl methyl sites for hydroxylation is 1. The number of hydrogen-bond donors (Lipinski definition) is 0. The Morgan fingerprint density at radius 2 is 1.91 bits per heavy atom. The lowest BCUT2D eigenvalue weighted by Gasteiger charge is -2.18. The first kappa shape index (κ1) is 22.2. The number of carbonyl (C=O) groups is 1. The normalized spacial score (nSPS) is 11.7. The maximum absolute atomic E-state index is 13.1. The highest BCUT2D eigenvalue weighted by Gasteiger charge is 2.22. The fourth-order valence-corrected chi connectivity index (χ4v) is 5.78. The number of fused-ring (bicyclic) bond motifs is 1. The van der Waals surface area contributed by atoms with Crippen molar-refractivity contribution in [2.75, 3.05) is 10.7 Å². The first-order valence-corrected chi connectivity index (χ1v) is 12.9. The molecule has 0 saturated heterocycles. The number of sulfone groups is 1. The van der Waals surface area contributed by atoms with E-state index in [1.807, 2.05) is 18.2 Å². The molecule has 0 aliphatic rings. The third kappa shape index (κ3) is 5.08. The van der Waals surface area contributed by atoms with E-state index in [0.29, 0.717) is 10.9 Å². The predicted octanol–water partition coefficient (Wildman–Crippen LogP) is 5.24. The van der Waals surface area contributed by atoms with E-state index >= 15 is 0 Å². The van der Waals surface area contributed by atoms with E-state index in [9.17, 15) is 13.2 Å². The van der Waals surface area contributed by atoms with Crippen LogP contribution in [0.4, 0.5) is 5.13 Å². The van der Waals surface area contributed by atoms with Crippen LogP contribution >= 0.6 is 11.3 Å². The lowest BCUT2D eigenvalue weighted by molar-refractivity contribution is -0.118. The minimum Gasteiger partial charge on any atom is -0.467 e. The lowest BCUT2D eigenvalue weighted by atomic mass is 10.2. The zero-order valence-electron chi connectivity index (χ0n) is 17.7. The molecule has 2 aromatic carbocycles. The van der Waals surface area contributed by atoms with Gasteiger partial charge in [0.15, 0.2) is 15.0 Å². The molecular weight excluding hydrogens is 444 g/mol. The fourth-order valence-electron chi connectivity index (χ4n) is 3.41. The van der Waals surface area contributed by atoms with Crippen LogP contribution in [0.1, 0.15) is 31.1 Å². The number of carbonyl (C=O) groups excluding carboxylic acids is 1. The molecule has 0 aliphatic carbocycles. The smallest absolute Gasteiger partial charge is 0.229 e. The Morgan fingerprint density at radius 3 is 2.62 bits per heavy atom. The summed E-state index contributed by atoms with van der Waals surface area (Å²) in [6, 6.07) is 18.0. The summed E-state index contributed by atoms with van der Waals surface area (Å²) in [4.78, 5) is 19.7. The van der Waals surface area contributed by atoms with Gasteiger partial charge in [-0.15, -0.1) is 0 Å². The van der Waals surface area contributed by atoms with Gasteiger partial charge >= 0.3 is 0 Å². The number of rotatable bonds is 9. The predicted molar refractivity (Wildman–Crippen MR) is 127 cm³/mol. The minimum atomic E-state index is -3.43. The van der Waals surface area contributed by atoms with Gasteiger partial charge in [0.25, 0.3) is 0 Å². The van der Waals surface area contributed by atoms with E-state index in [1.165, 1.54) is 16.9 Å². The van der Waals surface area contributed by atoms with Crippen molar-refractivity contribution in [3.05, 3.63) is 78.3 Å². The lowest BCUT2D eigenvalue weighted by Crippen LogP contribution is -2.30. The average molecular weight is 469 g/mol. The Hall–Kier alpha value is -2.97.